The third-order valence-corrected chi connectivity index (χ3v) is 2.98. The number of aliphatic imine (C=N–C) groups is 1. The van der Waals surface area contributed by atoms with Crippen molar-refractivity contribution in [3.63, 3.8) is 0 Å². The lowest BCUT2D eigenvalue weighted by molar-refractivity contribution is -0.127. The summed E-state index contributed by atoms with van der Waals surface area (Å²) < 4.78 is 5.15. The van der Waals surface area contributed by atoms with E-state index in [1.807, 2.05) is 45.0 Å². The third kappa shape index (κ3) is 7.54. The van der Waals surface area contributed by atoms with Gasteiger partial charge in [0.1, 0.15) is 5.75 Å². The molecule has 1 rings (SSSR count). The Labute approximate surface area is 138 Å². The van der Waals surface area contributed by atoms with Crippen LogP contribution in [0.2, 0.25) is 0 Å². The minimum atomic E-state index is -0.146. The van der Waals surface area contributed by atoms with Gasteiger partial charge in [-0.25, -0.2) is 4.99 Å². The molecular formula is C17H28N4O2. The van der Waals surface area contributed by atoms with E-state index in [9.17, 15) is 4.79 Å². The maximum absolute atomic E-state index is 11.7. The lowest BCUT2D eigenvalue weighted by Gasteiger charge is -2.24. The maximum Gasteiger partial charge on any atom is 0.241 e. The summed E-state index contributed by atoms with van der Waals surface area (Å²) in [7, 11) is 5.11. The first-order chi connectivity index (χ1) is 10.7. The summed E-state index contributed by atoms with van der Waals surface area (Å²) in [6.45, 7) is 6.87. The van der Waals surface area contributed by atoms with Crippen LogP contribution in [0.25, 0.3) is 0 Å². The number of carbonyl (C=O) groups excluding carboxylic acids is 1. The van der Waals surface area contributed by atoms with Crippen LogP contribution in [0.3, 0.4) is 0 Å². The summed E-state index contributed by atoms with van der Waals surface area (Å²) in [4.78, 5) is 17.8. The van der Waals surface area contributed by atoms with Crippen LogP contribution >= 0.6 is 0 Å². The van der Waals surface area contributed by atoms with Crippen molar-refractivity contribution in [2.75, 3.05) is 27.7 Å². The standard InChI is InChI=1S/C17H28N4O2/c1-17(2,3)20-16(19-12-15(22)21(4)5)18-11-13-7-9-14(23-6)10-8-13/h7-10H,11-12H2,1-6H3,(H2,18,19,20). The van der Waals surface area contributed by atoms with Crippen molar-refractivity contribution in [1.82, 2.24) is 15.5 Å². The van der Waals surface area contributed by atoms with Gasteiger partial charge in [-0.05, 0) is 38.5 Å². The van der Waals surface area contributed by atoms with E-state index in [1.54, 1.807) is 26.1 Å². The van der Waals surface area contributed by atoms with E-state index in [4.69, 9.17) is 4.74 Å². The number of benzene rings is 1. The SMILES string of the molecule is COc1ccc(CN=C(NCC(=O)N(C)C)NC(C)(C)C)cc1. The molecule has 2 N–H and O–H groups in total. The second kappa shape index (κ2) is 8.41. The zero-order valence-corrected chi connectivity index (χ0v) is 14.9. The van der Waals surface area contributed by atoms with Gasteiger partial charge in [0.25, 0.3) is 0 Å². The topological polar surface area (TPSA) is 66.0 Å². The van der Waals surface area contributed by atoms with Crippen LogP contribution in [0.1, 0.15) is 26.3 Å². The van der Waals surface area contributed by atoms with Gasteiger partial charge in [0.2, 0.25) is 5.91 Å². The van der Waals surface area contributed by atoms with Gasteiger partial charge >= 0.3 is 0 Å². The second-order valence-electron chi connectivity index (χ2n) is 6.53. The number of amides is 1. The van der Waals surface area contributed by atoms with Gasteiger partial charge in [-0.1, -0.05) is 12.1 Å². The number of carbonyl (C=O) groups is 1. The van der Waals surface area contributed by atoms with Gasteiger partial charge in [-0.15, -0.1) is 0 Å². The predicted molar refractivity (Wildman–Crippen MR) is 93.7 cm³/mol. The molecule has 0 spiro atoms. The molecule has 0 heterocycles. The fraction of sp³-hybridized carbons (Fsp3) is 0.529. The van der Waals surface area contributed by atoms with Gasteiger partial charge in [0.15, 0.2) is 5.96 Å². The van der Waals surface area contributed by atoms with Crippen LogP contribution in [-0.4, -0.2) is 50.1 Å². The van der Waals surface area contributed by atoms with Crippen molar-refractivity contribution in [2.45, 2.75) is 32.9 Å². The van der Waals surface area contributed by atoms with E-state index >= 15 is 0 Å². The number of hydrogen-bond acceptors (Lipinski definition) is 3. The van der Waals surface area contributed by atoms with E-state index in [1.165, 1.54) is 0 Å². The van der Waals surface area contributed by atoms with Crippen molar-refractivity contribution in [1.29, 1.82) is 0 Å². The highest BCUT2D eigenvalue weighted by molar-refractivity contribution is 5.86. The van der Waals surface area contributed by atoms with Crippen LogP contribution in [0.15, 0.2) is 29.3 Å². The first kappa shape index (κ1) is 18.8. The average Bonchev–Trinajstić information content (AvgIpc) is 2.48. The molecule has 0 fully saturated rings. The van der Waals surface area contributed by atoms with E-state index in [-0.39, 0.29) is 18.0 Å². The molecule has 0 saturated carbocycles. The highest BCUT2D eigenvalue weighted by atomic mass is 16.5. The summed E-state index contributed by atoms with van der Waals surface area (Å²) in [5.74, 6) is 1.43. The maximum atomic E-state index is 11.7. The normalized spacial score (nSPS) is 11.8. The molecule has 0 aliphatic carbocycles. The fourth-order valence-corrected chi connectivity index (χ4v) is 1.71. The van der Waals surface area contributed by atoms with Crippen LogP contribution < -0.4 is 15.4 Å². The molecule has 6 heteroatoms. The summed E-state index contributed by atoms with van der Waals surface area (Å²) in [6.07, 6.45) is 0. The lowest BCUT2D eigenvalue weighted by Crippen LogP contribution is -2.49. The zero-order valence-electron chi connectivity index (χ0n) is 14.9. The second-order valence-corrected chi connectivity index (χ2v) is 6.53. The molecule has 23 heavy (non-hydrogen) atoms. The predicted octanol–water partition coefficient (Wildman–Crippen LogP) is 1.62. The first-order valence-electron chi connectivity index (χ1n) is 7.61. The number of hydrogen-bond donors (Lipinski definition) is 2. The summed E-state index contributed by atoms with van der Waals surface area (Å²) in [5, 5.41) is 6.36. The summed E-state index contributed by atoms with van der Waals surface area (Å²) >= 11 is 0. The van der Waals surface area contributed by atoms with Gasteiger partial charge in [0.05, 0.1) is 20.2 Å². The number of methoxy groups -OCH3 is 1. The molecule has 6 nitrogen and oxygen atoms in total. The fourth-order valence-electron chi connectivity index (χ4n) is 1.71. The minimum absolute atomic E-state index is 0.00198. The smallest absolute Gasteiger partial charge is 0.241 e. The number of ether oxygens (including phenoxy) is 1. The molecule has 0 aliphatic rings. The Balaban J connectivity index is 2.74. The Kier molecular flexibility index (Phi) is 6.88. The van der Waals surface area contributed by atoms with E-state index < -0.39 is 0 Å². The van der Waals surface area contributed by atoms with Crippen molar-refractivity contribution < 1.29 is 9.53 Å². The van der Waals surface area contributed by atoms with E-state index in [0.29, 0.717) is 12.5 Å². The Morgan fingerprint density at radius 2 is 1.83 bits per heavy atom. The van der Waals surface area contributed by atoms with E-state index in [0.717, 1.165) is 11.3 Å². The Morgan fingerprint density at radius 1 is 1.22 bits per heavy atom. The van der Waals surface area contributed by atoms with Crippen molar-refractivity contribution in [2.24, 2.45) is 4.99 Å². The number of rotatable bonds is 5. The molecule has 1 amide bonds. The Bertz CT molecular complexity index is 531. The molecule has 0 radical (unpaired) electrons. The van der Waals surface area contributed by atoms with Crippen molar-refractivity contribution in [3.05, 3.63) is 29.8 Å². The molecule has 0 unspecified atom stereocenters. The summed E-state index contributed by atoms with van der Waals surface area (Å²) in [5.41, 5.74) is 0.923. The Hall–Kier alpha value is -2.24. The highest BCUT2D eigenvalue weighted by Crippen LogP contribution is 2.12. The first-order valence-corrected chi connectivity index (χ1v) is 7.61. The van der Waals surface area contributed by atoms with E-state index in [2.05, 4.69) is 15.6 Å². The van der Waals surface area contributed by atoms with Gasteiger partial charge in [-0.2, -0.15) is 0 Å². The van der Waals surface area contributed by atoms with Crippen LogP contribution in [0.4, 0.5) is 0 Å². The minimum Gasteiger partial charge on any atom is -0.497 e. The molecule has 0 saturated heterocycles. The molecule has 0 aromatic heterocycles. The molecule has 1 aromatic carbocycles. The molecule has 128 valence electrons. The molecule has 0 bridgehead atoms. The number of nitrogens with zero attached hydrogens (tertiary/aromatic N) is 2. The van der Waals surface area contributed by atoms with Crippen molar-refractivity contribution >= 4 is 11.9 Å². The third-order valence-electron chi connectivity index (χ3n) is 2.98. The summed E-state index contributed by atoms with van der Waals surface area (Å²) in [6, 6.07) is 7.76. The Morgan fingerprint density at radius 3 is 2.30 bits per heavy atom. The number of nitrogens with one attached hydrogen (secondary N) is 2. The average molecular weight is 320 g/mol. The largest absolute Gasteiger partial charge is 0.497 e. The molecular weight excluding hydrogens is 292 g/mol. The van der Waals surface area contributed by atoms with Gasteiger partial charge < -0.3 is 20.3 Å². The van der Waals surface area contributed by atoms with Gasteiger partial charge in [-0.3, -0.25) is 4.79 Å². The van der Waals surface area contributed by atoms with Crippen molar-refractivity contribution in [3.8, 4) is 5.75 Å². The highest BCUT2D eigenvalue weighted by Gasteiger charge is 2.13. The molecule has 0 atom stereocenters. The van der Waals surface area contributed by atoms with Crippen LogP contribution in [-0.2, 0) is 11.3 Å². The van der Waals surface area contributed by atoms with Crippen LogP contribution in [0.5, 0.6) is 5.75 Å². The molecule has 0 aliphatic heterocycles. The quantitative estimate of drug-likeness (QED) is 0.639. The van der Waals surface area contributed by atoms with Crippen LogP contribution in [0, 0.1) is 0 Å². The molecule has 1 aromatic rings. The number of likely N-dealkylation sites (N-methyl/N-ethyl adjacent to an activating group) is 1. The lowest BCUT2D eigenvalue weighted by atomic mass is 10.1. The zero-order chi connectivity index (χ0) is 17.5. The number of guanidine groups is 1. The monoisotopic (exact) mass is 320 g/mol. The van der Waals surface area contributed by atoms with Gasteiger partial charge in [0, 0.05) is 19.6 Å².